The first kappa shape index (κ1) is 20.4. The number of hydrogen-bond donors (Lipinski definition) is 1. The summed E-state index contributed by atoms with van der Waals surface area (Å²) in [7, 11) is -2.04. The van der Waals surface area contributed by atoms with Crippen LogP contribution in [0.15, 0.2) is 58.2 Å². The van der Waals surface area contributed by atoms with Gasteiger partial charge in [0.1, 0.15) is 5.75 Å². The molecule has 1 N–H and O–H groups in total. The highest BCUT2D eigenvalue weighted by Gasteiger charge is 2.30. The number of rotatable bonds is 8. The average Bonchev–Trinajstić information content (AvgIpc) is 3.52. The molecule has 8 nitrogen and oxygen atoms in total. The fourth-order valence-electron chi connectivity index (χ4n) is 3.25. The smallest absolute Gasteiger partial charge is 0.346 e. The highest BCUT2D eigenvalue weighted by atomic mass is 32.2. The lowest BCUT2D eigenvalue weighted by Crippen LogP contribution is -2.32. The molecule has 30 heavy (non-hydrogen) atoms. The summed E-state index contributed by atoms with van der Waals surface area (Å²) < 4.78 is 35.7. The lowest BCUT2D eigenvalue weighted by atomic mass is 10.2. The van der Waals surface area contributed by atoms with Crippen molar-refractivity contribution in [3.63, 3.8) is 0 Å². The lowest BCUT2D eigenvalue weighted by Gasteiger charge is -2.06. The van der Waals surface area contributed by atoms with Gasteiger partial charge in [0, 0.05) is 18.2 Å². The molecular formula is C21H24N4O4S. The van der Waals surface area contributed by atoms with E-state index >= 15 is 0 Å². The second-order valence-corrected chi connectivity index (χ2v) is 9.14. The average molecular weight is 429 g/mol. The first-order valence-corrected chi connectivity index (χ1v) is 11.3. The second-order valence-electron chi connectivity index (χ2n) is 7.37. The zero-order valence-electron chi connectivity index (χ0n) is 16.9. The first-order chi connectivity index (χ1) is 14.4. The Morgan fingerprint density at radius 3 is 2.37 bits per heavy atom. The van der Waals surface area contributed by atoms with Crippen molar-refractivity contribution in [1.29, 1.82) is 0 Å². The molecule has 0 bridgehead atoms. The molecule has 4 rings (SSSR count). The van der Waals surface area contributed by atoms with Crippen molar-refractivity contribution < 1.29 is 13.2 Å². The Balaban J connectivity index is 1.53. The number of benzene rings is 2. The van der Waals surface area contributed by atoms with Crippen LogP contribution in [0, 0.1) is 6.92 Å². The van der Waals surface area contributed by atoms with E-state index in [4.69, 9.17) is 4.74 Å². The summed E-state index contributed by atoms with van der Waals surface area (Å²) in [6.07, 6.45) is 1.88. The molecule has 0 radical (unpaired) electrons. The summed E-state index contributed by atoms with van der Waals surface area (Å²) in [4.78, 5) is 13.1. The minimum atomic E-state index is -3.64. The summed E-state index contributed by atoms with van der Waals surface area (Å²) >= 11 is 0. The third-order valence-corrected chi connectivity index (χ3v) is 6.55. The molecule has 1 heterocycles. The van der Waals surface area contributed by atoms with E-state index < -0.39 is 10.0 Å². The fraction of sp³-hybridized carbons (Fsp3) is 0.333. The minimum Gasteiger partial charge on any atom is -0.497 e. The standard InChI is InChI=1S/C21H24N4O4S/c1-15-3-11-19(12-4-15)30(27,28)22-13-14-24-21(26)25(17-7-8-17)20(23-24)16-5-9-18(29-2)10-6-16/h3-6,9-12,17,22H,7-8,13-14H2,1-2H3. The molecule has 0 aliphatic heterocycles. The number of hydrogen-bond acceptors (Lipinski definition) is 5. The quantitative estimate of drug-likeness (QED) is 0.594. The van der Waals surface area contributed by atoms with Gasteiger partial charge in [-0.2, -0.15) is 0 Å². The van der Waals surface area contributed by atoms with Gasteiger partial charge in [0.25, 0.3) is 0 Å². The Kier molecular flexibility index (Phi) is 5.48. The Morgan fingerprint density at radius 2 is 1.77 bits per heavy atom. The molecule has 1 aliphatic rings. The molecular weight excluding hydrogens is 404 g/mol. The van der Waals surface area contributed by atoms with Gasteiger partial charge < -0.3 is 4.74 Å². The van der Waals surface area contributed by atoms with Gasteiger partial charge in [0.15, 0.2) is 5.82 Å². The summed E-state index contributed by atoms with van der Waals surface area (Å²) in [5, 5.41) is 4.49. The number of aromatic nitrogens is 3. The molecule has 0 unspecified atom stereocenters. The summed E-state index contributed by atoms with van der Waals surface area (Å²) in [5.41, 5.74) is 1.58. The van der Waals surface area contributed by atoms with Crippen LogP contribution in [0.1, 0.15) is 24.4 Å². The molecule has 0 atom stereocenters. The van der Waals surface area contributed by atoms with Crippen molar-refractivity contribution >= 4 is 10.0 Å². The van der Waals surface area contributed by atoms with E-state index in [1.54, 1.807) is 35.9 Å². The highest BCUT2D eigenvalue weighted by molar-refractivity contribution is 7.89. The molecule has 9 heteroatoms. The first-order valence-electron chi connectivity index (χ1n) is 9.79. The second kappa shape index (κ2) is 8.08. The topological polar surface area (TPSA) is 95.2 Å². The Bertz CT molecular complexity index is 1190. The van der Waals surface area contributed by atoms with E-state index in [1.165, 1.54) is 4.68 Å². The normalized spacial score (nSPS) is 14.1. The van der Waals surface area contributed by atoms with E-state index in [0.29, 0.717) is 5.82 Å². The fourth-order valence-corrected chi connectivity index (χ4v) is 4.27. The third-order valence-electron chi connectivity index (χ3n) is 5.08. The minimum absolute atomic E-state index is 0.0693. The molecule has 1 saturated carbocycles. The molecule has 2 aromatic carbocycles. The monoisotopic (exact) mass is 428 g/mol. The number of sulfonamides is 1. The van der Waals surface area contributed by atoms with E-state index in [9.17, 15) is 13.2 Å². The summed E-state index contributed by atoms with van der Waals surface area (Å²) in [6.45, 7) is 2.11. The molecule has 3 aromatic rings. The summed E-state index contributed by atoms with van der Waals surface area (Å²) in [6, 6.07) is 14.1. The van der Waals surface area contributed by atoms with Gasteiger partial charge in [-0.3, -0.25) is 4.57 Å². The maximum Gasteiger partial charge on any atom is 0.346 e. The molecule has 1 aromatic heterocycles. The van der Waals surface area contributed by atoms with Gasteiger partial charge >= 0.3 is 5.69 Å². The van der Waals surface area contributed by atoms with Gasteiger partial charge in [-0.05, 0) is 56.2 Å². The Hall–Kier alpha value is -2.91. The van der Waals surface area contributed by atoms with E-state index in [0.717, 1.165) is 29.7 Å². The van der Waals surface area contributed by atoms with Crippen molar-refractivity contribution in [3.8, 4) is 17.1 Å². The van der Waals surface area contributed by atoms with Gasteiger partial charge in [-0.1, -0.05) is 17.7 Å². The van der Waals surface area contributed by atoms with Crippen LogP contribution < -0.4 is 15.1 Å². The molecule has 0 spiro atoms. The van der Waals surface area contributed by atoms with Crippen molar-refractivity contribution in [1.82, 2.24) is 19.1 Å². The molecule has 158 valence electrons. The third kappa shape index (κ3) is 4.17. The van der Waals surface area contributed by atoms with Gasteiger partial charge in [-0.15, -0.1) is 5.10 Å². The highest BCUT2D eigenvalue weighted by Crippen LogP contribution is 2.36. The SMILES string of the molecule is COc1ccc(-c2nn(CCNS(=O)(=O)c3ccc(C)cc3)c(=O)n2C2CC2)cc1. The number of aryl methyl sites for hydroxylation is 1. The van der Waals surface area contributed by atoms with Crippen LogP contribution in [0.3, 0.4) is 0 Å². The van der Waals surface area contributed by atoms with Crippen molar-refractivity contribution in [2.75, 3.05) is 13.7 Å². The molecule has 1 aliphatic carbocycles. The van der Waals surface area contributed by atoms with Gasteiger partial charge in [-0.25, -0.2) is 22.6 Å². The van der Waals surface area contributed by atoms with Crippen LogP contribution >= 0.6 is 0 Å². The van der Waals surface area contributed by atoms with Gasteiger partial charge in [0.2, 0.25) is 10.0 Å². The zero-order chi connectivity index (χ0) is 21.3. The number of methoxy groups -OCH3 is 1. The molecule has 0 amide bonds. The van der Waals surface area contributed by atoms with Crippen molar-refractivity contribution in [3.05, 3.63) is 64.6 Å². The van der Waals surface area contributed by atoms with Crippen LogP contribution in [-0.2, 0) is 16.6 Å². The van der Waals surface area contributed by atoms with Crippen molar-refractivity contribution in [2.24, 2.45) is 0 Å². The van der Waals surface area contributed by atoms with E-state index in [1.807, 2.05) is 31.2 Å². The summed E-state index contributed by atoms with van der Waals surface area (Å²) in [5.74, 6) is 1.32. The predicted octanol–water partition coefficient (Wildman–Crippen LogP) is 2.34. The molecule has 0 saturated heterocycles. The Labute approximate surface area is 175 Å². The maximum atomic E-state index is 12.9. The van der Waals surface area contributed by atoms with Crippen LogP contribution in [0.25, 0.3) is 11.4 Å². The number of nitrogens with zero attached hydrogens (tertiary/aromatic N) is 3. The van der Waals surface area contributed by atoms with Crippen molar-refractivity contribution in [2.45, 2.75) is 37.2 Å². The van der Waals surface area contributed by atoms with E-state index in [2.05, 4.69) is 9.82 Å². The number of nitrogens with one attached hydrogen (secondary N) is 1. The number of ether oxygens (including phenoxy) is 1. The van der Waals surface area contributed by atoms with Crippen LogP contribution in [0.2, 0.25) is 0 Å². The zero-order valence-corrected chi connectivity index (χ0v) is 17.7. The molecule has 1 fully saturated rings. The van der Waals surface area contributed by atoms with Gasteiger partial charge in [0.05, 0.1) is 18.6 Å². The predicted molar refractivity (Wildman–Crippen MR) is 113 cm³/mol. The lowest BCUT2D eigenvalue weighted by molar-refractivity contribution is 0.415. The van der Waals surface area contributed by atoms with Crippen LogP contribution in [0.5, 0.6) is 5.75 Å². The maximum absolute atomic E-state index is 12.9. The largest absolute Gasteiger partial charge is 0.497 e. The van der Waals surface area contributed by atoms with Crippen LogP contribution in [-0.4, -0.2) is 36.4 Å². The van der Waals surface area contributed by atoms with E-state index in [-0.39, 0.29) is 29.7 Å². The van der Waals surface area contributed by atoms with Crippen LogP contribution in [0.4, 0.5) is 0 Å². The Morgan fingerprint density at radius 1 is 1.10 bits per heavy atom.